The van der Waals surface area contributed by atoms with E-state index in [1.807, 2.05) is 40.9 Å². The molecule has 1 fully saturated rings. The second-order valence-corrected chi connectivity index (χ2v) is 7.26. The fraction of sp³-hybridized carbons (Fsp3) is 0.263. The minimum Gasteiger partial charge on any atom is -0.345 e. The standard InChI is InChI=1S/C19H19N3OS/c23-19(15-6-7-17-18(10-15)21-13-20-17)22-9-8-14(11-22)12-24-16-4-2-1-3-5-16/h1-7,10,13-14H,8-9,11-12H2,(H,20,21)/t14-/m1/s1. The average molecular weight is 337 g/mol. The van der Waals surface area contributed by atoms with Gasteiger partial charge in [0.25, 0.3) is 5.91 Å². The molecule has 1 aliphatic rings. The SMILES string of the molecule is O=C(c1ccc2nc[nH]c2c1)N1CC[C@@H](CSc2ccccc2)C1. The van der Waals surface area contributed by atoms with Gasteiger partial charge in [-0.25, -0.2) is 4.98 Å². The molecule has 2 heterocycles. The molecule has 1 amide bonds. The molecule has 24 heavy (non-hydrogen) atoms. The smallest absolute Gasteiger partial charge is 0.253 e. The third-order valence-electron chi connectivity index (χ3n) is 4.47. The van der Waals surface area contributed by atoms with Crippen LogP contribution in [0.1, 0.15) is 16.8 Å². The summed E-state index contributed by atoms with van der Waals surface area (Å²) in [5, 5.41) is 0. The number of nitrogens with zero attached hydrogens (tertiary/aromatic N) is 2. The van der Waals surface area contributed by atoms with Gasteiger partial charge in [-0.3, -0.25) is 4.79 Å². The molecule has 0 bridgehead atoms. The maximum atomic E-state index is 12.7. The lowest BCUT2D eigenvalue weighted by molar-refractivity contribution is 0.0788. The monoisotopic (exact) mass is 337 g/mol. The number of benzene rings is 2. The molecule has 1 N–H and O–H groups in total. The molecule has 0 aliphatic carbocycles. The van der Waals surface area contributed by atoms with Crippen LogP contribution >= 0.6 is 11.8 Å². The van der Waals surface area contributed by atoms with Crippen molar-refractivity contribution in [1.82, 2.24) is 14.9 Å². The Hall–Kier alpha value is -2.27. The Bertz CT molecular complexity index is 846. The highest BCUT2D eigenvalue weighted by atomic mass is 32.2. The fourth-order valence-electron chi connectivity index (χ4n) is 3.14. The van der Waals surface area contributed by atoms with Crippen LogP contribution in [-0.4, -0.2) is 39.6 Å². The van der Waals surface area contributed by atoms with Gasteiger partial charge < -0.3 is 9.88 Å². The van der Waals surface area contributed by atoms with E-state index in [9.17, 15) is 4.79 Å². The van der Waals surface area contributed by atoms with Crippen LogP contribution in [0.15, 0.2) is 59.8 Å². The zero-order valence-electron chi connectivity index (χ0n) is 13.3. The van der Waals surface area contributed by atoms with E-state index in [0.29, 0.717) is 5.92 Å². The summed E-state index contributed by atoms with van der Waals surface area (Å²) in [7, 11) is 0. The molecule has 0 saturated carbocycles. The predicted molar refractivity (Wildman–Crippen MR) is 97.3 cm³/mol. The fourth-order valence-corrected chi connectivity index (χ4v) is 4.18. The maximum absolute atomic E-state index is 12.7. The highest BCUT2D eigenvalue weighted by Gasteiger charge is 2.27. The third-order valence-corrected chi connectivity index (χ3v) is 5.71. The first-order valence-corrected chi connectivity index (χ1v) is 9.18. The summed E-state index contributed by atoms with van der Waals surface area (Å²) in [6, 6.07) is 16.1. The van der Waals surface area contributed by atoms with E-state index in [4.69, 9.17) is 0 Å². The summed E-state index contributed by atoms with van der Waals surface area (Å²) in [4.78, 5) is 23.3. The quantitative estimate of drug-likeness (QED) is 0.736. The van der Waals surface area contributed by atoms with Crippen molar-refractivity contribution in [3.63, 3.8) is 0 Å². The Morgan fingerprint density at radius 2 is 2.12 bits per heavy atom. The largest absolute Gasteiger partial charge is 0.345 e. The van der Waals surface area contributed by atoms with Gasteiger partial charge in [-0.05, 0) is 42.7 Å². The number of amides is 1. The molecule has 0 unspecified atom stereocenters. The van der Waals surface area contributed by atoms with E-state index >= 15 is 0 Å². The minimum atomic E-state index is 0.124. The topological polar surface area (TPSA) is 49.0 Å². The number of carbonyl (C=O) groups is 1. The van der Waals surface area contributed by atoms with Crippen molar-refractivity contribution >= 4 is 28.7 Å². The molecular formula is C19H19N3OS. The van der Waals surface area contributed by atoms with Gasteiger partial charge in [0.05, 0.1) is 17.4 Å². The molecule has 5 heteroatoms. The van der Waals surface area contributed by atoms with Gasteiger partial charge in [-0.2, -0.15) is 0 Å². The number of hydrogen-bond acceptors (Lipinski definition) is 3. The average Bonchev–Trinajstić information content (AvgIpc) is 3.29. The minimum absolute atomic E-state index is 0.124. The van der Waals surface area contributed by atoms with Crippen molar-refractivity contribution in [3.05, 3.63) is 60.4 Å². The van der Waals surface area contributed by atoms with Crippen molar-refractivity contribution in [3.8, 4) is 0 Å². The molecule has 1 aromatic heterocycles. The first-order valence-electron chi connectivity index (χ1n) is 8.20. The number of carbonyl (C=O) groups excluding carboxylic acids is 1. The Labute approximate surface area is 145 Å². The van der Waals surface area contributed by atoms with E-state index in [1.165, 1.54) is 4.90 Å². The number of aromatic nitrogens is 2. The Morgan fingerprint density at radius 1 is 1.25 bits per heavy atom. The van der Waals surface area contributed by atoms with E-state index in [0.717, 1.165) is 41.9 Å². The predicted octanol–water partition coefficient (Wildman–Crippen LogP) is 3.82. The van der Waals surface area contributed by atoms with E-state index in [2.05, 4.69) is 34.2 Å². The van der Waals surface area contributed by atoms with Gasteiger partial charge >= 0.3 is 0 Å². The van der Waals surface area contributed by atoms with Gasteiger partial charge in [0.1, 0.15) is 0 Å². The zero-order valence-corrected chi connectivity index (χ0v) is 14.1. The highest BCUT2D eigenvalue weighted by molar-refractivity contribution is 7.99. The number of H-pyrrole nitrogens is 1. The van der Waals surface area contributed by atoms with E-state index in [1.54, 1.807) is 6.33 Å². The van der Waals surface area contributed by atoms with Gasteiger partial charge in [0.15, 0.2) is 0 Å². The summed E-state index contributed by atoms with van der Waals surface area (Å²) >= 11 is 1.88. The number of fused-ring (bicyclic) bond motifs is 1. The summed E-state index contributed by atoms with van der Waals surface area (Å²) in [6.45, 7) is 1.69. The number of likely N-dealkylation sites (tertiary alicyclic amines) is 1. The number of imidazole rings is 1. The summed E-state index contributed by atoms with van der Waals surface area (Å²) in [5.74, 6) is 1.75. The van der Waals surface area contributed by atoms with Crippen molar-refractivity contribution < 1.29 is 4.79 Å². The van der Waals surface area contributed by atoms with Crippen LogP contribution in [0.4, 0.5) is 0 Å². The molecule has 122 valence electrons. The summed E-state index contributed by atoms with van der Waals surface area (Å²) in [5.41, 5.74) is 2.55. The number of rotatable bonds is 4. The number of thioether (sulfide) groups is 1. The molecular weight excluding hydrogens is 318 g/mol. The molecule has 4 nitrogen and oxygen atoms in total. The second-order valence-electron chi connectivity index (χ2n) is 6.16. The number of aromatic amines is 1. The Balaban J connectivity index is 1.38. The number of nitrogens with one attached hydrogen (secondary N) is 1. The van der Waals surface area contributed by atoms with Crippen LogP contribution in [0, 0.1) is 5.92 Å². The van der Waals surface area contributed by atoms with Crippen molar-refractivity contribution in [2.75, 3.05) is 18.8 Å². The number of hydrogen-bond donors (Lipinski definition) is 1. The van der Waals surface area contributed by atoms with Crippen LogP contribution in [0.25, 0.3) is 11.0 Å². The first kappa shape index (κ1) is 15.3. The van der Waals surface area contributed by atoms with Gasteiger partial charge in [0, 0.05) is 29.3 Å². The zero-order chi connectivity index (χ0) is 16.4. The second kappa shape index (κ2) is 6.69. The van der Waals surface area contributed by atoms with Gasteiger partial charge in [0.2, 0.25) is 0 Å². The molecule has 1 aliphatic heterocycles. The highest BCUT2D eigenvalue weighted by Crippen LogP contribution is 2.27. The first-order chi connectivity index (χ1) is 11.8. The van der Waals surface area contributed by atoms with Crippen molar-refractivity contribution in [2.24, 2.45) is 5.92 Å². The Kier molecular flexibility index (Phi) is 4.26. The maximum Gasteiger partial charge on any atom is 0.253 e. The Morgan fingerprint density at radius 3 is 3.00 bits per heavy atom. The summed E-state index contributed by atoms with van der Waals surface area (Å²) in [6.07, 6.45) is 2.74. The van der Waals surface area contributed by atoms with Crippen LogP contribution in [0.3, 0.4) is 0 Å². The summed E-state index contributed by atoms with van der Waals surface area (Å²) < 4.78 is 0. The van der Waals surface area contributed by atoms with Crippen molar-refractivity contribution in [1.29, 1.82) is 0 Å². The lowest BCUT2D eigenvalue weighted by Gasteiger charge is -2.16. The molecule has 1 saturated heterocycles. The molecule has 1 atom stereocenters. The van der Waals surface area contributed by atoms with E-state index < -0.39 is 0 Å². The lowest BCUT2D eigenvalue weighted by Crippen LogP contribution is -2.28. The molecule has 2 aromatic carbocycles. The molecule has 4 rings (SSSR count). The normalized spacial score (nSPS) is 17.5. The van der Waals surface area contributed by atoms with Crippen LogP contribution in [-0.2, 0) is 0 Å². The third kappa shape index (κ3) is 3.17. The van der Waals surface area contributed by atoms with Gasteiger partial charge in [-0.15, -0.1) is 11.8 Å². The van der Waals surface area contributed by atoms with Crippen molar-refractivity contribution in [2.45, 2.75) is 11.3 Å². The van der Waals surface area contributed by atoms with Crippen LogP contribution in [0.5, 0.6) is 0 Å². The lowest BCUT2D eigenvalue weighted by atomic mass is 10.1. The molecule has 0 radical (unpaired) electrons. The van der Waals surface area contributed by atoms with Crippen LogP contribution < -0.4 is 0 Å². The molecule has 0 spiro atoms. The molecule has 3 aromatic rings. The van der Waals surface area contributed by atoms with E-state index in [-0.39, 0.29) is 5.91 Å². The van der Waals surface area contributed by atoms with Crippen LogP contribution in [0.2, 0.25) is 0 Å². The van der Waals surface area contributed by atoms with Gasteiger partial charge in [-0.1, -0.05) is 18.2 Å².